The van der Waals surface area contributed by atoms with Gasteiger partial charge in [-0.25, -0.2) is 13.8 Å². The van der Waals surface area contributed by atoms with Crippen molar-refractivity contribution in [1.29, 1.82) is 0 Å². The zero-order valence-electron chi connectivity index (χ0n) is 11.3. The van der Waals surface area contributed by atoms with Gasteiger partial charge in [0.1, 0.15) is 17.5 Å². The molecule has 1 heterocycles. The molecule has 2 aromatic carbocycles. The SMILES string of the molecule is Cc1cccc2c1nc(C)n2Cc1c(F)cccc1F. The van der Waals surface area contributed by atoms with Crippen molar-refractivity contribution >= 4 is 11.0 Å². The van der Waals surface area contributed by atoms with Gasteiger partial charge in [0.25, 0.3) is 0 Å². The first-order valence-corrected chi connectivity index (χ1v) is 6.43. The van der Waals surface area contributed by atoms with Crippen LogP contribution in [0.5, 0.6) is 0 Å². The van der Waals surface area contributed by atoms with E-state index in [-0.39, 0.29) is 12.1 Å². The number of aromatic nitrogens is 2. The minimum atomic E-state index is -0.529. The van der Waals surface area contributed by atoms with Crippen LogP contribution in [0.25, 0.3) is 11.0 Å². The Morgan fingerprint density at radius 3 is 2.35 bits per heavy atom. The van der Waals surface area contributed by atoms with Crippen molar-refractivity contribution in [2.75, 3.05) is 0 Å². The summed E-state index contributed by atoms with van der Waals surface area (Å²) in [6.07, 6.45) is 0. The van der Waals surface area contributed by atoms with E-state index in [1.54, 1.807) is 0 Å². The second kappa shape index (κ2) is 4.71. The molecule has 102 valence electrons. The van der Waals surface area contributed by atoms with E-state index in [9.17, 15) is 8.78 Å². The molecule has 0 spiro atoms. The number of fused-ring (bicyclic) bond motifs is 1. The van der Waals surface area contributed by atoms with Gasteiger partial charge >= 0.3 is 0 Å². The number of hydrogen-bond acceptors (Lipinski definition) is 1. The molecule has 3 aromatic rings. The molecule has 3 rings (SSSR count). The Morgan fingerprint density at radius 2 is 1.65 bits per heavy atom. The van der Waals surface area contributed by atoms with Gasteiger partial charge in [0.15, 0.2) is 0 Å². The molecule has 0 amide bonds. The molecule has 2 nitrogen and oxygen atoms in total. The van der Waals surface area contributed by atoms with Gasteiger partial charge in [0, 0.05) is 5.56 Å². The lowest BCUT2D eigenvalue weighted by molar-refractivity contribution is 0.545. The summed E-state index contributed by atoms with van der Waals surface area (Å²) < 4.78 is 29.4. The molecule has 0 unspecified atom stereocenters. The minimum absolute atomic E-state index is 0.0661. The van der Waals surface area contributed by atoms with Crippen LogP contribution in [0.3, 0.4) is 0 Å². The smallest absolute Gasteiger partial charge is 0.131 e. The molecular formula is C16H14F2N2. The van der Waals surface area contributed by atoms with Crippen LogP contribution in [0, 0.1) is 25.5 Å². The third-order valence-corrected chi connectivity index (χ3v) is 3.55. The summed E-state index contributed by atoms with van der Waals surface area (Å²) in [4.78, 5) is 4.49. The molecule has 0 saturated heterocycles. The van der Waals surface area contributed by atoms with E-state index in [0.717, 1.165) is 22.4 Å². The molecule has 0 aliphatic carbocycles. The molecule has 0 bridgehead atoms. The van der Waals surface area contributed by atoms with Gasteiger partial charge < -0.3 is 4.57 Å². The Labute approximate surface area is 115 Å². The topological polar surface area (TPSA) is 17.8 Å². The van der Waals surface area contributed by atoms with Gasteiger partial charge in [-0.2, -0.15) is 0 Å². The van der Waals surface area contributed by atoms with Crippen LogP contribution in [-0.2, 0) is 6.54 Å². The number of imidazole rings is 1. The molecule has 0 radical (unpaired) electrons. The standard InChI is InChI=1S/C16H14F2N2/c1-10-5-3-8-15-16(10)19-11(2)20(15)9-12-13(17)6-4-7-14(12)18/h3-8H,9H2,1-2H3. The second-order valence-corrected chi connectivity index (χ2v) is 4.89. The van der Waals surface area contributed by atoms with Gasteiger partial charge in [-0.3, -0.25) is 0 Å². The molecule has 0 fully saturated rings. The first kappa shape index (κ1) is 12.8. The normalized spacial score (nSPS) is 11.2. The van der Waals surface area contributed by atoms with Crippen LogP contribution in [0.15, 0.2) is 36.4 Å². The van der Waals surface area contributed by atoms with E-state index in [0.29, 0.717) is 0 Å². The van der Waals surface area contributed by atoms with Crippen molar-refractivity contribution < 1.29 is 8.78 Å². The average Bonchev–Trinajstić information content (AvgIpc) is 2.72. The van der Waals surface area contributed by atoms with Crippen LogP contribution >= 0.6 is 0 Å². The fourth-order valence-electron chi connectivity index (χ4n) is 2.44. The summed E-state index contributed by atoms with van der Waals surface area (Å²) in [5, 5.41) is 0. The molecule has 0 aliphatic heterocycles. The number of halogens is 2. The van der Waals surface area contributed by atoms with Gasteiger partial charge in [-0.1, -0.05) is 18.2 Å². The number of aryl methyl sites for hydroxylation is 2. The zero-order chi connectivity index (χ0) is 14.3. The molecule has 0 aliphatic rings. The van der Waals surface area contributed by atoms with E-state index in [2.05, 4.69) is 4.98 Å². The second-order valence-electron chi connectivity index (χ2n) is 4.89. The summed E-state index contributed by atoms with van der Waals surface area (Å²) in [6, 6.07) is 9.74. The first-order valence-electron chi connectivity index (χ1n) is 6.43. The van der Waals surface area contributed by atoms with Gasteiger partial charge in [0.05, 0.1) is 17.6 Å². The van der Waals surface area contributed by atoms with Crippen molar-refractivity contribution in [3.8, 4) is 0 Å². The molecular weight excluding hydrogens is 258 g/mol. The van der Waals surface area contributed by atoms with E-state index in [1.807, 2.05) is 36.6 Å². The van der Waals surface area contributed by atoms with Gasteiger partial charge in [0.2, 0.25) is 0 Å². The van der Waals surface area contributed by atoms with Crippen molar-refractivity contribution in [2.45, 2.75) is 20.4 Å². The van der Waals surface area contributed by atoms with E-state index in [1.165, 1.54) is 18.2 Å². The minimum Gasteiger partial charge on any atom is -0.323 e. The maximum atomic E-state index is 13.8. The maximum Gasteiger partial charge on any atom is 0.131 e. The Morgan fingerprint density at radius 1 is 1.00 bits per heavy atom. The molecule has 1 aromatic heterocycles. The van der Waals surface area contributed by atoms with Crippen LogP contribution in [-0.4, -0.2) is 9.55 Å². The fourth-order valence-corrected chi connectivity index (χ4v) is 2.44. The number of hydrogen-bond donors (Lipinski definition) is 0. The summed E-state index contributed by atoms with van der Waals surface area (Å²) >= 11 is 0. The Bertz CT molecular complexity index is 770. The largest absolute Gasteiger partial charge is 0.323 e. The van der Waals surface area contributed by atoms with Crippen molar-refractivity contribution in [3.63, 3.8) is 0 Å². The summed E-state index contributed by atoms with van der Waals surface area (Å²) in [5.41, 5.74) is 2.89. The predicted molar refractivity (Wildman–Crippen MR) is 74.7 cm³/mol. The molecule has 0 saturated carbocycles. The monoisotopic (exact) mass is 272 g/mol. The van der Waals surface area contributed by atoms with E-state index < -0.39 is 11.6 Å². The summed E-state index contributed by atoms with van der Waals surface area (Å²) in [5.74, 6) is -0.310. The number of benzene rings is 2. The van der Waals surface area contributed by atoms with Crippen LogP contribution < -0.4 is 0 Å². The number of nitrogens with zero attached hydrogens (tertiary/aromatic N) is 2. The molecule has 4 heteroatoms. The third-order valence-electron chi connectivity index (χ3n) is 3.55. The lowest BCUT2D eigenvalue weighted by atomic mass is 10.2. The van der Waals surface area contributed by atoms with Crippen molar-refractivity contribution in [3.05, 3.63) is 65.0 Å². The van der Waals surface area contributed by atoms with Crippen molar-refractivity contribution in [1.82, 2.24) is 9.55 Å². The fraction of sp³-hybridized carbons (Fsp3) is 0.188. The lowest BCUT2D eigenvalue weighted by Gasteiger charge is -2.09. The first-order chi connectivity index (χ1) is 9.58. The summed E-state index contributed by atoms with van der Waals surface area (Å²) in [6.45, 7) is 3.96. The van der Waals surface area contributed by atoms with E-state index in [4.69, 9.17) is 0 Å². The highest BCUT2D eigenvalue weighted by Gasteiger charge is 2.14. The van der Waals surface area contributed by atoms with Crippen LogP contribution in [0.2, 0.25) is 0 Å². The highest BCUT2D eigenvalue weighted by molar-refractivity contribution is 5.79. The summed E-state index contributed by atoms with van der Waals surface area (Å²) in [7, 11) is 0. The quantitative estimate of drug-likeness (QED) is 0.690. The number of rotatable bonds is 2. The Hall–Kier alpha value is -2.23. The molecule has 20 heavy (non-hydrogen) atoms. The highest BCUT2D eigenvalue weighted by Crippen LogP contribution is 2.22. The Kier molecular flexibility index (Phi) is 3.01. The predicted octanol–water partition coefficient (Wildman–Crippen LogP) is 3.98. The zero-order valence-corrected chi connectivity index (χ0v) is 11.3. The lowest BCUT2D eigenvalue weighted by Crippen LogP contribution is -2.06. The maximum absolute atomic E-state index is 13.8. The Balaban J connectivity index is 2.16. The third kappa shape index (κ3) is 1.97. The van der Waals surface area contributed by atoms with E-state index >= 15 is 0 Å². The number of para-hydroxylation sites is 1. The van der Waals surface area contributed by atoms with Gasteiger partial charge in [-0.15, -0.1) is 0 Å². The van der Waals surface area contributed by atoms with Crippen LogP contribution in [0.1, 0.15) is 17.0 Å². The average molecular weight is 272 g/mol. The van der Waals surface area contributed by atoms with Crippen LogP contribution in [0.4, 0.5) is 8.78 Å². The molecule has 0 atom stereocenters. The van der Waals surface area contributed by atoms with Gasteiger partial charge in [-0.05, 0) is 37.6 Å². The highest BCUT2D eigenvalue weighted by atomic mass is 19.1. The van der Waals surface area contributed by atoms with Crippen molar-refractivity contribution in [2.24, 2.45) is 0 Å². The molecule has 0 N–H and O–H groups in total.